The number of H-pyrrole nitrogens is 1. The fourth-order valence-electron chi connectivity index (χ4n) is 4.89. The van der Waals surface area contributed by atoms with Crippen molar-refractivity contribution < 1.29 is 9.47 Å². The van der Waals surface area contributed by atoms with Crippen LogP contribution in [0.1, 0.15) is 40.9 Å². The fraction of sp³-hybridized carbons (Fsp3) is 0.407. The summed E-state index contributed by atoms with van der Waals surface area (Å²) in [6.45, 7) is 7.11. The third-order valence-corrected chi connectivity index (χ3v) is 6.72. The Bertz CT molecular complexity index is 1390. The summed E-state index contributed by atoms with van der Waals surface area (Å²) in [4.78, 5) is 18.3. The lowest BCUT2D eigenvalue weighted by Gasteiger charge is -2.22. The molecule has 36 heavy (non-hydrogen) atoms. The lowest BCUT2D eigenvalue weighted by atomic mass is 10.0. The van der Waals surface area contributed by atoms with Crippen molar-refractivity contribution in [3.05, 3.63) is 80.9 Å². The van der Waals surface area contributed by atoms with Crippen molar-refractivity contribution in [2.45, 2.75) is 59.0 Å². The molecule has 1 aliphatic heterocycles. The number of ether oxygens (including phenoxy) is 2. The van der Waals surface area contributed by atoms with Crippen LogP contribution in [0.3, 0.4) is 0 Å². The van der Waals surface area contributed by atoms with Crippen LogP contribution in [-0.4, -0.2) is 49.9 Å². The van der Waals surface area contributed by atoms with Crippen molar-refractivity contribution in [3.63, 3.8) is 0 Å². The number of aromatic nitrogens is 5. The first-order chi connectivity index (χ1) is 17.5. The molecule has 3 heterocycles. The van der Waals surface area contributed by atoms with Crippen molar-refractivity contribution in [1.82, 2.24) is 30.1 Å². The van der Waals surface area contributed by atoms with Gasteiger partial charge >= 0.3 is 0 Å². The highest BCUT2D eigenvalue weighted by molar-refractivity contribution is 5.83. The maximum absolute atomic E-state index is 13.1. The van der Waals surface area contributed by atoms with Crippen LogP contribution < -0.4 is 10.3 Å². The summed E-state index contributed by atoms with van der Waals surface area (Å²) in [6.07, 6.45) is 2.22. The SMILES string of the molecule is COc1ccc(CN(Cc2cc3c(C)cc(C)cc3[nH]c2=O)Cc2nnnn2C[C@H]2CCCO2)cc1. The second-order valence-electron chi connectivity index (χ2n) is 9.57. The summed E-state index contributed by atoms with van der Waals surface area (Å²) in [7, 11) is 1.66. The molecule has 9 heteroatoms. The van der Waals surface area contributed by atoms with Gasteiger partial charge in [-0.15, -0.1) is 5.10 Å². The zero-order valence-corrected chi connectivity index (χ0v) is 21.0. The highest BCUT2D eigenvalue weighted by atomic mass is 16.5. The molecule has 0 unspecified atom stereocenters. The first-order valence-electron chi connectivity index (χ1n) is 12.3. The van der Waals surface area contributed by atoms with E-state index in [0.29, 0.717) is 31.7 Å². The highest BCUT2D eigenvalue weighted by Crippen LogP contribution is 2.21. The van der Waals surface area contributed by atoms with Crippen molar-refractivity contribution in [3.8, 4) is 5.75 Å². The Morgan fingerprint density at radius 1 is 1.14 bits per heavy atom. The largest absolute Gasteiger partial charge is 0.497 e. The summed E-state index contributed by atoms with van der Waals surface area (Å²) >= 11 is 0. The molecule has 0 spiro atoms. The molecule has 5 rings (SSSR count). The van der Waals surface area contributed by atoms with Gasteiger partial charge in [-0.05, 0) is 78.1 Å². The van der Waals surface area contributed by atoms with E-state index >= 15 is 0 Å². The number of methoxy groups -OCH3 is 1. The van der Waals surface area contributed by atoms with Crippen molar-refractivity contribution in [1.29, 1.82) is 0 Å². The van der Waals surface area contributed by atoms with E-state index in [1.807, 2.05) is 48.0 Å². The van der Waals surface area contributed by atoms with Crippen LogP contribution in [0.25, 0.3) is 10.9 Å². The number of benzene rings is 2. The van der Waals surface area contributed by atoms with Gasteiger partial charge in [-0.25, -0.2) is 4.68 Å². The molecule has 0 bridgehead atoms. The number of pyridine rings is 1. The zero-order chi connectivity index (χ0) is 25.1. The number of aryl methyl sites for hydroxylation is 2. The highest BCUT2D eigenvalue weighted by Gasteiger charge is 2.21. The Kier molecular flexibility index (Phi) is 7.11. The van der Waals surface area contributed by atoms with Crippen LogP contribution in [0.5, 0.6) is 5.75 Å². The van der Waals surface area contributed by atoms with Gasteiger partial charge in [0, 0.05) is 36.2 Å². The number of fused-ring (bicyclic) bond motifs is 1. The quantitative estimate of drug-likeness (QED) is 0.385. The second kappa shape index (κ2) is 10.6. The number of nitrogens with zero attached hydrogens (tertiary/aromatic N) is 5. The van der Waals surface area contributed by atoms with E-state index in [-0.39, 0.29) is 11.7 Å². The van der Waals surface area contributed by atoms with E-state index < -0.39 is 0 Å². The van der Waals surface area contributed by atoms with Gasteiger partial charge in [-0.3, -0.25) is 9.69 Å². The predicted octanol–water partition coefficient (Wildman–Crippen LogP) is 3.52. The van der Waals surface area contributed by atoms with Crippen molar-refractivity contribution >= 4 is 10.9 Å². The molecule has 4 aromatic rings. The minimum absolute atomic E-state index is 0.0776. The maximum atomic E-state index is 13.1. The Morgan fingerprint density at radius 2 is 1.97 bits per heavy atom. The van der Waals surface area contributed by atoms with E-state index in [2.05, 4.69) is 38.4 Å². The Labute approximate surface area is 210 Å². The van der Waals surface area contributed by atoms with Gasteiger partial charge in [0.25, 0.3) is 5.56 Å². The van der Waals surface area contributed by atoms with Gasteiger partial charge in [0.2, 0.25) is 0 Å². The first kappa shape index (κ1) is 24.1. The standard InChI is InChI=1S/C27H32N6O3/c1-18-11-19(2)24-13-21(27(34)28-25(24)12-18)15-32(14-20-6-8-22(35-3)9-7-20)17-26-29-30-31-33(26)16-23-5-4-10-36-23/h6-9,11-13,23H,4-5,10,14-17H2,1-3H3,(H,28,34)/t23-/m1/s1. The predicted molar refractivity (Wildman–Crippen MR) is 137 cm³/mol. The van der Waals surface area contributed by atoms with Gasteiger partial charge in [0.05, 0.1) is 26.3 Å². The molecular formula is C27H32N6O3. The molecule has 1 saturated heterocycles. The molecule has 0 saturated carbocycles. The summed E-state index contributed by atoms with van der Waals surface area (Å²) in [5.41, 5.74) is 4.88. The fourth-order valence-corrected chi connectivity index (χ4v) is 4.89. The lowest BCUT2D eigenvalue weighted by Crippen LogP contribution is -2.29. The van der Waals surface area contributed by atoms with Crippen LogP contribution in [0, 0.1) is 13.8 Å². The van der Waals surface area contributed by atoms with Crippen LogP contribution in [0.2, 0.25) is 0 Å². The molecule has 0 amide bonds. The summed E-state index contributed by atoms with van der Waals surface area (Å²) in [5.74, 6) is 1.56. The topological polar surface area (TPSA) is 98.2 Å². The number of hydrogen-bond acceptors (Lipinski definition) is 7. The van der Waals surface area contributed by atoms with Gasteiger partial charge in [0.15, 0.2) is 5.82 Å². The van der Waals surface area contributed by atoms with E-state index in [1.165, 1.54) is 0 Å². The minimum Gasteiger partial charge on any atom is -0.497 e. The van der Waals surface area contributed by atoms with E-state index in [4.69, 9.17) is 9.47 Å². The third kappa shape index (κ3) is 5.47. The van der Waals surface area contributed by atoms with Gasteiger partial charge in [-0.2, -0.15) is 0 Å². The molecule has 1 atom stereocenters. The molecule has 0 radical (unpaired) electrons. The number of rotatable bonds is 9. The Hall–Kier alpha value is -3.56. The maximum Gasteiger partial charge on any atom is 0.252 e. The van der Waals surface area contributed by atoms with Gasteiger partial charge < -0.3 is 14.5 Å². The van der Waals surface area contributed by atoms with E-state index in [0.717, 1.165) is 58.6 Å². The monoisotopic (exact) mass is 488 g/mol. The summed E-state index contributed by atoms with van der Waals surface area (Å²) < 4.78 is 12.9. The smallest absolute Gasteiger partial charge is 0.252 e. The van der Waals surface area contributed by atoms with Crippen LogP contribution in [-0.2, 0) is 30.9 Å². The number of nitrogens with one attached hydrogen (secondary N) is 1. The molecule has 1 aliphatic rings. The molecule has 2 aromatic carbocycles. The summed E-state index contributed by atoms with van der Waals surface area (Å²) in [5, 5.41) is 13.5. The lowest BCUT2D eigenvalue weighted by molar-refractivity contribution is 0.0914. The number of hydrogen-bond donors (Lipinski definition) is 1. The number of tetrazole rings is 1. The third-order valence-electron chi connectivity index (χ3n) is 6.72. The molecule has 2 aromatic heterocycles. The molecular weight excluding hydrogens is 456 g/mol. The van der Waals surface area contributed by atoms with Crippen LogP contribution in [0.15, 0.2) is 47.3 Å². The molecule has 9 nitrogen and oxygen atoms in total. The Balaban J connectivity index is 1.44. The minimum atomic E-state index is -0.0776. The second-order valence-corrected chi connectivity index (χ2v) is 9.57. The van der Waals surface area contributed by atoms with Gasteiger partial charge in [0.1, 0.15) is 5.75 Å². The van der Waals surface area contributed by atoms with Crippen LogP contribution >= 0.6 is 0 Å². The van der Waals surface area contributed by atoms with E-state index in [9.17, 15) is 4.79 Å². The average Bonchev–Trinajstić information content (AvgIpc) is 3.53. The normalized spacial score (nSPS) is 15.7. The van der Waals surface area contributed by atoms with Gasteiger partial charge in [-0.1, -0.05) is 18.2 Å². The number of aromatic amines is 1. The summed E-state index contributed by atoms with van der Waals surface area (Å²) in [6, 6.07) is 14.1. The van der Waals surface area contributed by atoms with Crippen molar-refractivity contribution in [2.24, 2.45) is 0 Å². The molecule has 1 fully saturated rings. The zero-order valence-electron chi connectivity index (χ0n) is 21.0. The molecule has 1 N–H and O–H groups in total. The first-order valence-corrected chi connectivity index (χ1v) is 12.3. The van der Waals surface area contributed by atoms with Crippen molar-refractivity contribution in [2.75, 3.05) is 13.7 Å². The average molecular weight is 489 g/mol. The van der Waals surface area contributed by atoms with Crippen LogP contribution in [0.4, 0.5) is 0 Å². The Morgan fingerprint density at radius 3 is 2.72 bits per heavy atom. The molecule has 0 aliphatic carbocycles. The molecule has 188 valence electrons. The van der Waals surface area contributed by atoms with E-state index in [1.54, 1.807) is 7.11 Å².